The first-order chi connectivity index (χ1) is 17.8. The maximum absolute atomic E-state index is 12.1. The van der Waals surface area contributed by atoms with E-state index < -0.39 is 28.1 Å². The largest absolute Gasteiger partial charge is 0.497 e. The summed E-state index contributed by atoms with van der Waals surface area (Å²) < 4.78 is 34.9. The van der Waals surface area contributed by atoms with E-state index in [0.717, 1.165) is 42.0 Å². The number of fused-ring (bicyclic) bond motifs is 1. The lowest BCUT2D eigenvalue weighted by molar-refractivity contribution is -0.150. The average molecular weight is 566 g/mol. The second kappa shape index (κ2) is 12.0. The molecule has 2 atom stereocenters. The van der Waals surface area contributed by atoms with Gasteiger partial charge in [-0.05, 0) is 49.4 Å². The molecule has 2 aromatic rings. The molecule has 1 aliphatic rings. The summed E-state index contributed by atoms with van der Waals surface area (Å²) in [6, 6.07) is 11.4. The molecule has 1 heterocycles. The van der Waals surface area contributed by atoms with Crippen molar-refractivity contribution in [2.45, 2.75) is 76.2 Å². The number of hydrogen-bond donors (Lipinski definition) is 3. The third-order valence-electron chi connectivity index (χ3n) is 7.34. The summed E-state index contributed by atoms with van der Waals surface area (Å²) in [4.78, 5) is 15.4. The van der Waals surface area contributed by atoms with E-state index in [1.54, 1.807) is 13.2 Å². The molecule has 0 aromatic heterocycles. The number of unbranched alkanes of at least 4 members (excludes halogenated alkanes) is 1. The summed E-state index contributed by atoms with van der Waals surface area (Å²) in [6.07, 6.45) is 4.50. The first-order valence-electron chi connectivity index (χ1n) is 13.1. The van der Waals surface area contributed by atoms with Crippen LogP contribution >= 0.6 is 22.4 Å². The van der Waals surface area contributed by atoms with E-state index in [-0.39, 0.29) is 11.2 Å². The number of ether oxygens (including phenoxy) is 2. The summed E-state index contributed by atoms with van der Waals surface area (Å²) >= 11 is 1.44. The van der Waals surface area contributed by atoms with Gasteiger partial charge in [0.1, 0.15) is 11.5 Å². The van der Waals surface area contributed by atoms with Crippen molar-refractivity contribution in [3.05, 3.63) is 36.4 Å². The van der Waals surface area contributed by atoms with E-state index in [1.165, 1.54) is 11.8 Å². The van der Waals surface area contributed by atoms with Crippen LogP contribution in [0.15, 0.2) is 46.2 Å². The Kier molecular flexibility index (Phi) is 9.61. The zero-order chi connectivity index (χ0) is 28.3. The number of thioether (sulfide) groups is 1. The van der Waals surface area contributed by atoms with Crippen molar-refractivity contribution < 1.29 is 28.5 Å². The Morgan fingerprint density at radius 1 is 1.18 bits per heavy atom. The minimum Gasteiger partial charge on any atom is -0.497 e. The maximum Gasteiger partial charge on any atom is 0.345 e. The van der Waals surface area contributed by atoms with Crippen molar-refractivity contribution in [1.29, 1.82) is 0 Å². The van der Waals surface area contributed by atoms with Crippen LogP contribution in [-0.2, 0) is 4.79 Å². The zero-order valence-electron chi connectivity index (χ0n) is 23.6. The molecule has 3 N–H and O–H groups in total. The molecule has 1 aliphatic heterocycles. The molecule has 9 heteroatoms. The van der Waals surface area contributed by atoms with Crippen molar-refractivity contribution in [3.8, 4) is 11.5 Å². The van der Waals surface area contributed by atoms with Crippen molar-refractivity contribution in [1.82, 2.24) is 0 Å². The van der Waals surface area contributed by atoms with Gasteiger partial charge in [0.15, 0.2) is 6.10 Å². The minimum absolute atomic E-state index is 0.246. The average Bonchev–Trinajstić information content (AvgIpc) is 2.96. The molecular formula is C29H43NO6S2. The van der Waals surface area contributed by atoms with Gasteiger partial charge in [0, 0.05) is 34.9 Å². The normalized spacial score (nSPS) is 20.7. The highest BCUT2D eigenvalue weighted by Crippen LogP contribution is 2.62. The summed E-state index contributed by atoms with van der Waals surface area (Å²) in [5, 5.41) is 9.89. The monoisotopic (exact) mass is 565 g/mol. The molecule has 0 radical (unpaired) electrons. The van der Waals surface area contributed by atoms with Crippen molar-refractivity contribution in [2.75, 3.05) is 30.6 Å². The molecule has 0 bridgehead atoms. The van der Waals surface area contributed by atoms with Crippen LogP contribution in [0.4, 0.5) is 11.4 Å². The molecule has 212 valence electrons. The standard InChI is InChI=1S/C29H43NO6S2/c1-8-10-15-29(9-2)18-30(20-11-13-21(35-6)14-12-20)22-16-24(37-7)23(17-25(22)38(33,34)19-29)36-26(27(31)32)28(3,4)5/h11-14,16-17,26,33-34H,8-10,15,18-19H2,1-7H3,(H,31,32). The van der Waals surface area contributed by atoms with E-state index in [9.17, 15) is 19.0 Å². The van der Waals surface area contributed by atoms with Crippen molar-refractivity contribution in [3.63, 3.8) is 0 Å². The van der Waals surface area contributed by atoms with Gasteiger partial charge in [0.2, 0.25) is 0 Å². The van der Waals surface area contributed by atoms with E-state index >= 15 is 0 Å². The number of carboxylic acid groups (broad SMARTS) is 1. The second-order valence-electron chi connectivity index (χ2n) is 11.2. The summed E-state index contributed by atoms with van der Waals surface area (Å²) in [5.41, 5.74) is 0.658. The lowest BCUT2D eigenvalue weighted by Gasteiger charge is -2.41. The van der Waals surface area contributed by atoms with Crippen LogP contribution < -0.4 is 14.4 Å². The maximum atomic E-state index is 12.1. The number of aliphatic carboxylic acids is 1. The number of methoxy groups -OCH3 is 1. The lowest BCUT2D eigenvalue weighted by atomic mass is 9.81. The molecule has 2 unspecified atom stereocenters. The van der Waals surface area contributed by atoms with Crippen LogP contribution in [0.3, 0.4) is 0 Å². The molecule has 38 heavy (non-hydrogen) atoms. The van der Waals surface area contributed by atoms with Crippen molar-refractivity contribution in [2.24, 2.45) is 10.8 Å². The molecule has 0 saturated carbocycles. The van der Waals surface area contributed by atoms with Crippen LogP contribution in [0.5, 0.6) is 11.5 Å². The Labute approximate surface area is 233 Å². The number of carboxylic acids is 1. The molecule has 3 rings (SSSR count). The third-order valence-corrected chi connectivity index (χ3v) is 10.1. The number of carbonyl (C=O) groups is 1. The number of nitrogens with zero attached hydrogens (tertiary/aromatic N) is 1. The fourth-order valence-electron chi connectivity index (χ4n) is 5.04. The minimum atomic E-state index is -3.22. The number of anilines is 2. The Balaban J connectivity index is 2.25. The highest BCUT2D eigenvalue weighted by atomic mass is 32.3. The Morgan fingerprint density at radius 3 is 2.34 bits per heavy atom. The van der Waals surface area contributed by atoms with Crippen LogP contribution in [0.1, 0.15) is 60.3 Å². The van der Waals surface area contributed by atoms with Crippen LogP contribution in [-0.4, -0.2) is 51.9 Å². The molecule has 0 aliphatic carbocycles. The summed E-state index contributed by atoms with van der Waals surface area (Å²) in [6.45, 7) is 10.3. The first kappa shape index (κ1) is 30.5. The number of benzene rings is 2. The first-order valence-corrected chi connectivity index (χ1v) is 16.0. The Bertz CT molecular complexity index is 1120. The van der Waals surface area contributed by atoms with Gasteiger partial charge in [-0.2, -0.15) is 10.6 Å². The zero-order valence-corrected chi connectivity index (χ0v) is 25.2. The predicted molar refractivity (Wildman–Crippen MR) is 158 cm³/mol. The molecule has 0 fully saturated rings. The van der Waals surface area contributed by atoms with Crippen LogP contribution in [0.2, 0.25) is 0 Å². The molecule has 2 aromatic carbocycles. The lowest BCUT2D eigenvalue weighted by Crippen LogP contribution is -2.39. The Hall–Kier alpha value is -2.07. The van der Waals surface area contributed by atoms with Crippen LogP contribution in [0, 0.1) is 10.8 Å². The summed E-state index contributed by atoms with van der Waals surface area (Å²) in [5.74, 6) is 0.285. The van der Waals surface area contributed by atoms with E-state index in [1.807, 2.05) is 57.4 Å². The molecule has 0 spiro atoms. The van der Waals surface area contributed by atoms with Gasteiger partial charge in [0.25, 0.3) is 0 Å². The van der Waals surface area contributed by atoms with Gasteiger partial charge in [-0.15, -0.1) is 11.8 Å². The highest BCUT2D eigenvalue weighted by molar-refractivity contribution is 8.24. The quantitative estimate of drug-likeness (QED) is 0.248. The fourth-order valence-corrected chi connectivity index (χ4v) is 7.82. The molecular weight excluding hydrogens is 522 g/mol. The van der Waals surface area contributed by atoms with Gasteiger partial charge in [-0.25, -0.2) is 4.79 Å². The SMILES string of the molecule is CCCCC1(CC)CN(c2ccc(OC)cc2)c2cc(SC)c(OC(C(=O)O)C(C)(C)C)cc2S(O)(O)C1. The fraction of sp³-hybridized carbons (Fsp3) is 0.552. The number of hydrogen-bond acceptors (Lipinski definition) is 7. The second-order valence-corrected chi connectivity index (χ2v) is 14.1. The van der Waals surface area contributed by atoms with Gasteiger partial charge >= 0.3 is 5.97 Å². The molecule has 7 nitrogen and oxygen atoms in total. The van der Waals surface area contributed by atoms with Crippen LogP contribution in [0.25, 0.3) is 0 Å². The van der Waals surface area contributed by atoms with Gasteiger partial charge in [-0.3, -0.25) is 9.11 Å². The molecule has 0 amide bonds. The van der Waals surface area contributed by atoms with Gasteiger partial charge in [0.05, 0.1) is 22.6 Å². The van der Waals surface area contributed by atoms with Gasteiger partial charge in [-0.1, -0.05) is 47.5 Å². The predicted octanol–water partition coefficient (Wildman–Crippen LogP) is 8.14. The van der Waals surface area contributed by atoms with Crippen molar-refractivity contribution >= 4 is 39.7 Å². The highest BCUT2D eigenvalue weighted by Gasteiger charge is 2.42. The van der Waals surface area contributed by atoms with E-state index in [2.05, 4.69) is 18.7 Å². The summed E-state index contributed by atoms with van der Waals surface area (Å²) in [7, 11) is -1.59. The Morgan fingerprint density at radius 2 is 1.84 bits per heavy atom. The smallest absolute Gasteiger partial charge is 0.345 e. The van der Waals surface area contributed by atoms with E-state index in [0.29, 0.717) is 22.9 Å². The van der Waals surface area contributed by atoms with E-state index in [4.69, 9.17) is 9.47 Å². The third kappa shape index (κ3) is 6.55. The molecule has 0 saturated heterocycles. The number of rotatable bonds is 10. The van der Waals surface area contributed by atoms with Gasteiger partial charge < -0.3 is 19.5 Å². The topological polar surface area (TPSA) is 99.5 Å².